The van der Waals surface area contributed by atoms with E-state index >= 15 is 0 Å². The number of pyridine rings is 1. The second-order valence-corrected chi connectivity index (χ2v) is 8.04. The van der Waals surface area contributed by atoms with Crippen LogP contribution in [-0.2, 0) is 10.0 Å². The van der Waals surface area contributed by atoms with E-state index in [-0.39, 0.29) is 10.6 Å². The SMILES string of the molecule is Cc1cccc(Nc2nnc(-c3cccc(Oc4ccncc4S(N)(=O)=O)c3)[nH]2)c1. The van der Waals surface area contributed by atoms with Crippen molar-refractivity contribution >= 4 is 21.7 Å². The normalized spacial score (nSPS) is 11.3. The number of nitrogens with two attached hydrogens (primary N) is 1. The Morgan fingerprint density at radius 3 is 2.70 bits per heavy atom. The minimum absolute atomic E-state index is 0.0871. The maximum atomic E-state index is 11.7. The Hall–Kier alpha value is -3.76. The minimum Gasteiger partial charge on any atom is -0.456 e. The summed E-state index contributed by atoms with van der Waals surface area (Å²) < 4.78 is 29.2. The summed E-state index contributed by atoms with van der Waals surface area (Å²) in [5.41, 5.74) is 2.73. The molecule has 4 aromatic rings. The molecule has 2 heterocycles. The van der Waals surface area contributed by atoms with Crippen molar-refractivity contribution in [2.45, 2.75) is 11.8 Å². The van der Waals surface area contributed by atoms with Crippen molar-refractivity contribution in [3.63, 3.8) is 0 Å². The van der Waals surface area contributed by atoms with E-state index in [4.69, 9.17) is 9.88 Å². The average molecular weight is 422 g/mol. The Morgan fingerprint density at radius 1 is 1.07 bits per heavy atom. The largest absolute Gasteiger partial charge is 0.456 e. The predicted octanol–water partition coefficient (Wildman–Crippen LogP) is 3.36. The van der Waals surface area contributed by atoms with Crippen LogP contribution < -0.4 is 15.2 Å². The number of hydrogen-bond donors (Lipinski definition) is 3. The maximum absolute atomic E-state index is 11.7. The Labute approximate surface area is 173 Å². The number of benzene rings is 2. The first-order valence-corrected chi connectivity index (χ1v) is 10.4. The first-order valence-electron chi connectivity index (χ1n) is 8.90. The van der Waals surface area contributed by atoms with Crippen LogP contribution in [0.2, 0.25) is 0 Å². The molecule has 4 rings (SSSR count). The van der Waals surface area contributed by atoms with E-state index < -0.39 is 10.0 Å². The van der Waals surface area contributed by atoms with Crippen LogP contribution >= 0.6 is 0 Å². The van der Waals surface area contributed by atoms with Crippen molar-refractivity contribution in [1.82, 2.24) is 20.2 Å². The van der Waals surface area contributed by atoms with E-state index in [1.54, 1.807) is 18.2 Å². The molecule has 0 aliphatic carbocycles. The molecular formula is C20H18N6O3S. The fraction of sp³-hybridized carbons (Fsp3) is 0.0500. The maximum Gasteiger partial charge on any atom is 0.243 e. The van der Waals surface area contributed by atoms with Crippen LogP contribution in [-0.4, -0.2) is 28.6 Å². The van der Waals surface area contributed by atoms with Gasteiger partial charge >= 0.3 is 0 Å². The number of aromatic nitrogens is 4. The highest BCUT2D eigenvalue weighted by atomic mass is 32.2. The number of ether oxygens (including phenoxy) is 1. The van der Waals surface area contributed by atoms with Crippen LogP contribution in [0, 0.1) is 6.92 Å². The van der Waals surface area contributed by atoms with Crippen molar-refractivity contribution in [3.05, 3.63) is 72.6 Å². The van der Waals surface area contributed by atoms with Crippen molar-refractivity contribution in [2.24, 2.45) is 5.14 Å². The number of anilines is 2. The van der Waals surface area contributed by atoms with Gasteiger partial charge in [-0.25, -0.2) is 13.6 Å². The van der Waals surface area contributed by atoms with Gasteiger partial charge in [0.05, 0.1) is 6.20 Å². The summed E-state index contributed by atoms with van der Waals surface area (Å²) in [7, 11) is -3.97. The monoisotopic (exact) mass is 422 g/mol. The second-order valence-electron chi connectivity index (χ2n) is 6.51. The van der Waals surface area contributed by atoms with E-state index in [2.05, 4.69) is 25.5 Å². The molecule has 4 N–H and O–H groups in total. The third-order valence-corrected chi connectivity index (χ3v) is 5.08. The fourth-order valence-electron chi connectivity index (χ4n) is 2.81. The molecule has 0 saturated heterocycles. The molecule has 30 heavy (non-hydrogen) atoms. The summed E-state index contributed by atoms with van der Waals surface area (Å²) in [5.74, 6) is 1.52. The molecule has 0 amide bonds. The molecule has 0 saturated carbocycles. The molecule has 0 atom stereocenters. The molecule has 0 spiro atoms. The number of nitrogens with zero attached hydrogens (tertiary/aromatic N) is 3. The van der Waals surface area contributed by atoms with Crippen molar-refractivity contribution in [1.29, 1.82) is 0 Å². The molecule has 10 heteroatoms. The molecule has 9 nitrogen and oxygen atoms in total. The van der Waals surface area contributed by atoms with Gasteiger partial charge in [0, 0.05) is 23.5 Å². The van der Waals surface area contributed by atoms with Gasteiger partial charge in [-0.3, -0.25) is 4.98 Å². The lowest BCUT2D eigenvalue weighted by atomic mass is 10.2. The third kappa shape index (κ3) is 4.45. The van der Waals surface area contributed by atoms with E-state index in [9.17, 15) is 8.42 Å². The second kappa shape index (κ2) is 7.93. The third-order valence-electron chi connectivity index (χ3n) is 4.16. The number of aryl methyl sites for hydroxylation is 1. The van der Waals surface area contributed by atoms with Gasteiger partial charge in [0.1, 0.15) is 10.6 Å². The number of hydrogen-bond acceptors (Lipinski definition) is 7. The van der Waals surface area contributed by atoms with Gasteiger partial charge in [-0.2, -0.15) is 0 Å². The Bertz CT molecular complexity index is 1300. The van der Waals surface area contributed by atoms with E-state index in [0.717, 1.165) is 17.4 Å². The predicted molar refractivity (Wildman–Crippen MR) is 112 cm³/mol. The molecule has 0 unspecified atom stereocenters. The smallest absolute Gasteiger partial charge is 0.243 e. The highest BCUT2D eigenvalue weighted by molar-refractivity contribution is 7.89. The zero-order chi connectivity index (χ0) is 21.1. The lowest BCUT2D eigenvalue weighted by Gasteiger charge is -2.09. The van der Waals surface area contributed by atoms with Gasteiger partial charge < -0.3 is 15.0 Å². The number of H-pyrrole nitrogens is 1. The van der Waals surface area contributed by atoms with Gasteiger partial charge in [0.15, 0.2) is 11.6 Å². The summed E-state index contributed by atoms with van der Waals surface area (Å²) in [5, 5.41) is 16.7. The number of primary sulfonamides is 1. The van der Waals surface area contributed by atoms with Gasteiger partial charge in [-0.05, 0) is 36.8 Å². The highest BCUT2D eigenvalue weighted by Gasteiger charge is 2.16. The van der Waals surface area contributed by atoms with E-state index in [1.807, 2.05) is 37.3 Å². The fourth-order valence-corrected chi connectivity index (χ4v) is 3.40. The highest BCUT2D eigenvalue weighted by Crippen LogP contribution is 2.29. The first kappa shape index (κ1) is 19.6. The Morgan fingerprint density at radius 2 is 1.90 bits per heavy atom. The Kier molecular flexibility index (Phi) is 5.17. The van der Waals surface area contributed by atoms with Crippen LogP contribution in [0.3, 0.4) is 0 Å². The number of aromatic amines is 1. The van der Waals surface area contributed by atoms with Gasteiger partial charge in [0.25, 0.3) is 0 Å². The first-order chi connectivity index (χ1) is 14.4. The molecule has 0 fully saturated rings. The lowest BCUT2D eigenvalue weighted by Crippen LogP contribution is -2.13. The van der Waals surface area contributed by atoms with Crippen LogP contribution in [0.5, 0.6) is 11.5 Å². The van der Waals surface area contributed by atoms with Crippen LogP contribution in [0.4, 0.5) is 11.6 Å². The van der Waals surface area contributed by atoms with Gasteiger partial charge in [-0.15, -0.1) is 10.2 Å². The molecular weight excluding hydrogens is 404 g/mol. The standard InChI is InChI=1S/C20H18N6O3S/c1-13-4-2-6-15(10-13)23-20-24-19(25-26-20)14-5-3-7-16(11-14)29-17-8-9-22-12-18(17)30(21,27)28/h2-12H,1H3,(H2,21,27,28)(H2,23,24,25,26). The van der Waals surface area contributed by atoms with Crippen molar-refractivity contribution in [2.75, 3.05) is 5.32 Å². The quantitative estimate of drug-likeness (QED) is 0.433. The van der Waals surface area contributed by atoms with E-state index in [1.165, 1.54) is 12.3 Å². The lowest BCUT2D eigenvalue weighted by molar-refractivity contribution is 0.466. The van der Waals surface area contributed by atoms with Gasteiger partial charge in [0.2, 0.25) is 16.0 Å². The summed E-state index contributed by atoms with van der Waals surface area (Å²) in [4.78, 5) is 6.71. The van der Waals surface area contributed by atoms with Crippen molar-refractivity contribution < 1.29 is 13.2 Å². The van der Waals surface area contributed by atoms with Gasteiger partial charge in [-0.1, -0.05) is 24.3 Å². The summed E-state index contributed by atoms with van der Waals surface area (Å²) in [6.45, 7) is 2.01. The molecule has 152 valence electrons. The zero-order valence-electron chi connectivity index (χ0n) is 15.9. The Balaban J connectivity index is 1.57. The molecule has 0 radical (unpaired) electrons. The number of sulfonamides is 1. The van der Waals surface area contributed by atoms with Crippen molar-refractivity contribution in [3.8, 4) is 22.9 Å². The van der Waals surface area contributed by atoms with Crippen LogP contribution in [0.25, 0.3) is 11.4 Å². The zero-order valence-corrected chi connectivity index (χ0v) is 16.7. The molecule has 2 aromatic heterocycles. The molecule has 2 aromatic carbocycles. The topological polar surface area (TPSA) is 136 Å². The summed E-state index contributed by atoms with van der Waals surface area (Å²) in [6.07, 6.45) is 2.57. The molecule has 0 aliphatic rings. The molecule has 0 bridgehead atoms. The van der Waals surface area contributed by atoms with Crippen LogP contribution in [0.15, 0.2) is 71.9 Å². The minimum atomic E-state index is -3.97. The summed E-state index contributed by atoms with van der Waals surface area (Å²) >= 11 is 0. The number of rotatable bonds is 6. The number of nitrogens with one attached hydrogen (secondary N) is 2. The van der Waals surface area contributed by atoms with E-state index in [0.29, 0.717) is 23.1 Å². The summed E-state index contributed by atoms with van der Waals surface area (Å²) in [6, 6.07) is 16.3. The average Bonchev–Trinajstić information content (AvgIpc) is 3.16. The molecule has 0 aliphatic heterocycles. The van der Waals surface area contributed by atoms with Crippen LogP contribution in [0.1, 0.15) is 5.56 Å².